The summed E-state index contributed by atoms with van der Waals surface area (Å²) in [6.45, 7) is 12.5. The largest absolute Gasteiger partial charge is 0.379 e. The molecule has 0 bridgehead atoms. The Labute approximate surface area is 114 Å². The lowest BCUT2D eigenvalue weighted by molar-refractivity contribution is 0.0346. The Bertz CT molecular complexity index is 364. The van der Waals surface area contributed by atoms with E-state index in [0.717, 1.165) is 39.4 Å². The first-order valence-corrected chi connectivity index (χ1v) is 7.47. The van der Waals surface area contributed by atoms with Gasteiger partial charge < -0.3 is 10.1 Å². The first-order valence-electron chi connectivity index (χ1n) is 6.66. The monoisotopic (exact) mass is 268 g/mol. The summed E-state index contributed by atoms with van der Waals surface area (Å²) in [6.07, 6.45) is 0. The number of nitrogens with one attached hydrogen (secondary N) is 1. The van der Waals surface area contributed by atoms with Crippen LogP contribution in [0.3, 0.4) is 0 Å². The van der Waals surface area contributed by atoms with Gasteiger partial charge in [-0.25, -0.2) is 0 Å². The van der Waals surface area contributed by atoms with E-state index in [9.17, 15) is 0 Å². The van der Waals surface area contributed by atoms with Crippen LogP contribution in [0, 0.1) is 0 Å². The van der Waals surface area contributed by atoms with Crippen molar-refractivity contribution in [3.05, 3.63) is 21.9 Å². The fourth-order valence-corrected chi connectivity index (χ4v) is 2.93. The average Bonchev–Trinajstić information content (AvgIpc) is 2.75. The molecule has 1 aliphatic rings. The number of rotatable bonds is 4. The molecule has 0 aliphatic carbocycles. The molecule has 102 valence electrons. The topological polar surface area (TPSA) is 24.5 Å². The third-order valence-electron chi connectivity index (χ3n) is 2.99. The maximum absolute atomic E-state index is 5.37. The minimum Gasteiger partial charge on any atom is -0.379 e. The molecule has 1 saturated heterocycles. The molecule has 1 fully saturated rings. The highest BCUT2D eigenvalue weighted by molar-refractivity contribution is 7.11. The second kappa shape index (κ2) is 6.15. The summed E-state index contributed by atoms with van der Waals surface area (Å²) >= 11 is 1.92. The molecule has 0 unspecified atom stereocenters. The molecule has 0 saturated carbocycles. The van der Waals surface area contributed by atoms with E-state index in [1.807, 2.05) is 11.3 Å². The van der Waals surface area contributed by atoms with Gasteiger partial charge in [0, 0.05) is 41.5 Å². The lowest BCUT2D eigenvalue weighted by Gasteiger charge is -2.25. The highest BCUT2D eigenvalue weighted by atomic mass is 32.1. The highest BCUT2D eigenvalue weighted by Gasteiger charge is 2.13. The molecular formula is C14H24N2OS. The van der Waals surface area contributed by atoms with Crippen LogP contribution >= 0.6 is 11.3 Å². The van der Waals surface area contributed by atoms with Gasteiger partial charge in [-0.1, -0.05) is 0 Å². The Morgan fingerprint density at radius 2 is 1.89 bits per heavy atom. The molecule has 4 heteroatoms. The van der Waals surface area contributed by atoms with E-state index in [-0.39, 0.29) is 5.54 Å². The maximum Gasteiger partial charge on any atom is 0.0594 e. The van der Waals surface area contributed by atoms with Crippen molar-refractivity contribution in [2.75, 3.05) is 26.3 Å². The number of thiophene rings is 1. The lowest BCUT2D eigenvalue weighted by Crippen LogP contribution is -2.35. The van der Waals surface area contributed by atoms with E-state index in [1.54, 1.807) is 0 Å². The van der Waals surface area contributed by atoms with E-state index in [4.69, 9.17) is 4.74 Å². The molecule has 2 rings (SSSR count). The van der Waals surface area contributed by atoms with Crippen molar-refractivity contribution in [2.24, 2.45) is 0 Å². The molecule has 0 spiro atoms. The third kappa shape index (κ3) is 4.69. The Morgan fingerprint density at radius 3 is 2.56 bits per heavy atom. The Morgan fingerprint density at radius 1 is 1.22 bits per heavy atom. The van der Waals surface area contributed by atoms with Crippen LogP contribution in [-0.4, -0.2) is 36.7 Å². The molecule has 1 aromatic heterocycles. The second-order valence-corrected chi connectivity index (χ2v) is 7.11. The predicted octanol–water partition coefficient (Wildman–Crippen LogP) is 2.47. The first kappa shape index (κ1) is 14.0. The van der Waals surface area contributed by atoms with E-state index in [2.05, 4.69) is 43.1 Å². The van der Waals surface area contributed by atoms with Gasteiger partial charge in [0.2, 0.25) is 0 Å². The van der Waals surface area contributed by atoms with Gasteiger partial charge in [-0.05, 0) is 32.9 Å². The van der Waals surface area contributed by atoms with E-state index < -0.39 is 0 Å². The summed E-state index contributed by atoms with van der Waals surface area (Å²) in [5, 5.41) is 3.53. The van der Waals surface area contributed by atoms with Gasteiger partial charge in [-0.15, -0.1) is 11.3 Å². The smallest absolute Gasteiger partial charge is 0.0594 e. The molecule has 2 heterocycles. The summed E-state index contributed by atoms with van der Waals surface area (Å²) in [7, 11) is 0. The number of nitrogens with zero attached hydrogens (tertiary/aromatic N) is 1. The van der Waals surface area contributed by atoms with E-state index in [1.165, 1.54) is 9.75 Å². The van der Waals surface area contributed by atoms with Crippen molar-refractivity contribution in [3.63, 3.8) is 0 Å². The SMILES string of the molecule is CC(C)(C)NCc1ccc(CN2CCOCC2)s1. The van der Waals surface area contributed by atoms with Crippen LogP contribution in [0.25, 0.3) is 0 Å². The van der Waals surface area contributed by atoms with Crippen LogP contribution in [0.2, 0.25) is 0 Å². The lowest BCUT2D eigenvalue weighted by atomic mass is 10.1. The Kier molecular flexibility index (Phi) is 4.78. The normalized spacial score (nSPS) is 18.2. The fraction of sp³-hybridized carbons (Fsp3) is 0.714. The summed E-state index contributed by atoms with van der Waals surface area (Å²) in [4.78, 5) is 5.35. The number of hydrogen-bond acceptors (Lipinski definition) is 4. The molecule has 1 aliphatic heterocycles. The van der Waals surface area contributed by atoms with Crippen LogP contribution in [-0.2, 0) is 17.8 Å². The van der Waals surface area contributed by atoms with Crippen molar-refractivity contribution >= 4 is 11.3 Å². The third-order valence-corrected chi connectivity index (χ3v) is 4.06. The minimum absolute atomic E-state index is 0.189. The Hall–Kier alpha value is -0.420. The van der Waals surface area contributed by atoms with Crippen LogP contribution in [0.5, 0.6) is 0 Å². The summed E-state index contributed by atoms with van der Waals surface area (Å²) < 4.78 is 5.37. The number of hydrogen-bond donors (Lipinski definition) is 1. The van der Waals surface area contributed by atoms with E-state index >= 15 is 0 Å². The quantitative estimate of drug-likeness (QED) is 0.908. The van der Waals surface area contributed by atoms with Crippen molar-refractivity contribution < 1.29 is 4.74 Å². The van der Waals surface area contributed by atoms with Crippen molar-refractivity contribution in [3.8, 4) is 0 Å². The number of morpholine rings is 1. The molecule has 1 N–H and O–H groups in total. The van der Waals surface area contributed by atoms with Crippen molar-refractivity contribution in [1.29, 1.82) is 0 Å². The summed E-state index contributed by atoms with van der Waals surface area (Å²) in [5.74, 6) is 0. The van der Waals surface area contributed by atoms with Crippen LogP contribution in [0.1, 0.15) is 30.5 Å². The fourth-order valence-electron chi connectivity index (χ4n) is 1.93. The van der Waals surface area contributed by atoms with Gasteiger partial charge in [0.05, 0.1) is 13.2 Å². The molecule has 1 aromatic rings. The van der Waals surface area contributed by atoms with Crippen LogP contribution < -0.4 is 5.32 Å². The predicted molar refractivity (Wildman–Crippen MR) is 77.0 cm³/mol. The first-order chi connectivity index (χ1) is 8.53. The second-order valence-electron chi connectivity index (χ2n) is 5.86. The zero-order valence-corrected chi connectivity index (χ0v) is 12.5. The summed E-state index contributed by atoms with van der Waals surface area (Å²) in [6, 6.07) is 4.51. The van der Waals surface area contributed by atoms with Crippen molar-refractivity contribution in [2.45, 2.75) is 39.4 Å². The van der Waals surface area contributed by atoms with Crippen LogP contribution in [0.4, 0.5) is 0 Å². The van der Waals surface area contributed by atoms with Gasteiger partial charge in [0.25, 0.3) is 0 Å². The van der Waals surface area contributed by atoms with E-state index in [0.29, 0.717) is 0 Å². The maximum atomic E-state index is 5.37. The van der Waals surface area contributed by atoms with Gasteiger partial charge in [0.1, 0.15) is 0 Å². The molecule has 0 amide bonds. The van der Waals surface area contributed by atoms with Gasteiger partial charge >= 0.3 is 0 Å². The zero-order chi connectivity index (χ0) is 13.0. The molecule has 3 nitrogen and oxygen atoms in total. The van der Waals surface area contributed by atoms with Gasteiger partial charge in [0.15, 0.2) is 0 Å². The average molecular weight is 268 g/mol. The van der Waals surface area contributed by atoms with Crippen LogP contribution in [0.15, 0.2) is 12.1 Å². The molecule has 0 aromatic carbocycles. The van der Waals surface area contributed by atoms with Gasteiger partial charge in [-0.2, -0.15) is 0 Å². The molecular weight excluding hydrogens is 244 g/mol. The standard InChI is InChI=1S/C14H24N2OS/c1-14(2,3)15-10-12-4-5-13(18-12)11-16-6-8-17-9-7-16/h4-5,15H,6-11H2,1-3H3. The molecule has 18 heavy (non-hydrogen) atoms. The van der Waals surface area contributed by atoms with Gasteiger partial charge in [-0.3, -0.25) is 4.90 Å². The van der Waals surface area contributed by atoms with Crippen molar-refractivity contribution in [1.82, 2.24) is 10.2 Å². The highest BCUT2D eigenvalue weighted by Crippen LogP contribution is 2.19. The summed E-state index contributed by atoms with van der Waals surface area (Å²) in [5.41, 5.74) is 0.189. The minimum atomic E-state index is 0.189. The zero-order valence-electron chi connectivity index (χ0n) is 11.7. The Balaban J connectivity index is 1.82. The number of ether oxygens (including phenoxy) is 1. The molecule has 0 atom stereocenters. The molecule has 0 radical (unpaired) electrons.